The Balaban J connectivity index is 1.90. The van der Waals surface area contributed by atoms with E-state index in [4.69, 9.17) is 4.98 Å². The predicted octanol–water partition coefficient (Wildman–Crippen LogP) is 3.64. The maximum Gasteiger partial charge on any atom is 0.150 e. The quantitative estimate of drug-likeness (QED) is 0.586. The average molecular weight is 415 g/mol. The van der Waals surface area contributed by atoms with E-state index < -0.39 is 12.2 Å². The zero-order valence-corrected chi connectivity index (χ0v) is 18.3. The van der Waals surface area contributed by atoms with Gasteiger partial charge in [-0.25, -0.2) is 15.0 Å². The summed E-state index contributed by atoms with van der Waals surface area (Å²) in [6.07, 6.45) is 7.33. The van der Waals surface area contributed by atoms with E-state index in [1.807, 2.05) is 4.90 Å². The molecule has 3 heterocycles. The second-order valence-electron chi connectivity index (χ2n) is 8.23. The van der Waals surface area contributed by atoms with Crippen molar-refractivity contribution in [2.24, 2.45) is 0 Å². The van der Waals surface area contributed by atoms with Gasteiger partial charge in [-0.3, -0.25) is 0 Å². The fraction of sp³-hybridized carbons (Fsp3) is 0.591. The first kappa shape index (κ1) is 20.4. The molecule has 3 aromatic heterocycles. The number of thiophene rings is 1. The molecule has 0 saturated carbocycles. The molecule has 0 saturated heterocycles. The van der Waals surface area contributed by atoms with Crippen LogP contribution in [0.3, 0.4) is 0 Å². The maximum atomic E-state index is 9.98. The van der Waals surface area contributed by atoms with Gasteiger partial charge in [-0.05, 0) is 57.1 Å². The van der Waals surface area contributed by atoms with E-state index >= 15 is 0 Å². The van der Waals surface area contributed by atoms with Gasteiger partial charge in [0.05, 0.1) is 22.4 Å². The Labute approximate surface area is 175 Å². The minimum atomic E-state index is -0.517. The Bertz CT molecular complexity index is 1010. The van der Waals surface area contributed by atoms with Crippen LogP contribution in [0, 0.1) is 0 Å². The van der Waals surface area contributed by atoms with E-state index in [2.05, 4.69) is 16.9 Å². The molecule has 0 amide bonds. The van der Waals surface area contributed by atoms with Gasteiger partial charge in [-0.15, -0.1) is 11.3 Å². The van der Waals surface area contributed by atoms with Crippen LogP contribution in [0.4, 0.5) is 5.82 Å². The molecule has 1 aliphatic rings. The average Bonchev–Trinajstić information content (AvgIpc) is 3.28. The number of aliphatic hydroxyl groups is 2. The molecule has 2 N–H and O–H groups in total. The number of fused-ring (bicyclic) bond motifs is 5. The van der Waals surface area contributed by atoms with Crippen LogP contribution in [0.25, 0.3) is 20.4 Å². The van der Waals surface area contributed by atoms with Crippen molar-refractivity contribution in [1.29, 1.82) is 0 Å². The van der Waals surface area contributed by atoms with Crippen molar-refractivity contribution in [2.75, 3.05) is 18.0 Å². The highest BCUT2D eigenvalue weighted by Crippen LogP contribution is 2.42. The van der Waals surface area contributed by atoms with Gasteiger partial charge in [0.2, 0.25) is 0 Å². The van der Waals surface area contributed by atoms with Gasteiger partial charge in [0.1, 0.15) is 17.0 Å². The van der Waals surface area contributed by atoms with Crippen LogP contribution < -0.4 is 4.90 Å². The second kappa shape index (κ2) is 8.50. The standard InChI is InChI=1S/C22H30N4O2S/c1-4-5-9-17-15-7-6-8-16(15)18-19-20(29-22(18)25-17)21(24-12-23-19)26(10-13(2)27)11-14(3)28/h12-14,27-28H,4-11H2,1-3H3/t13-,14-/m1/s1. The molecule has 156 valence electrons. The molecule has 0 radical (unpaired) electrons. The Morgan fingerprint density at radius 1 is 1.10 bits per heavy atom. The van der Waals surface area contributed by atoms with Crippen molar-refractivity contribution in [1.82, 2.24) is 15.0 Å². The van der Waals surface area contributed by atoms with Gasteiger partial charge < -0.3 is 15.1 Å². The molecule has 3 aromatic rings. The van der Waals surface area contributed by atoms with E-state index in [9.17, 15) is 10.2 Å². The predicted molar refractivity (Wildman–Crippen MR) is 119 cm³/mol. The van der Waals surface area contributed by atoms with E-state index in [1.54, 1.807) is 31.5 Å². The Kier molecular flexibility index (Phi) is 5.99. The first-order valence-corrected chi connectivity index (χ1v) is 11.5. The number of anilines is 1. The van der Waals surface area contributed by atoms with Crippen LogP contribution in [0.5, 0.6) is 0 Å². The number of hydrogen-bond acceptors (Lipinski definition) is 7. The Morgan fingerprint density at radius 3 is 2.52 bits per heavy atom. The smallest absolute Gasteiger partial charge is 0.150 e. The fourth-order valence-corrected chi connectivity index (χ4v) is 5.62. The molecular weight excluding hydrogens is 384 g/mol. The van der Waals surface area contributed by atoms with Crippen LogP contribution >= 0.6 is 11.3 Å². The summed E-state index contributed by atoms with van der Waals surface area (Å²) in [5.74, 6) is 0.779. The van der Waals surface area contributed by atoms with Gasteiger partial charge in [0.15, 0.2) is 0 Å². The number of aryl methyl sites for hydroxylation is 2. The number of aliphatic hydroxyl groups excluding tert-OH is 2. The van der Waals surface area contributed by atoms with Gasteiger partial charge in [0, 0.05) is 24.2 Å². The lowest BCUT2D eigenvalue weighted by molar-refractivity contribution is 0.178. The van der Waals surface area contributed by atoms with Gasteiger partial charge >= 0.3 is 0 Å². The lowest BCUT2D eigenvalue weighted by atomic mass is 10.0. The summed E-state index contributed by atoms with van der Waals surface area (Å²) in [6, 6.07) is 0. The molecule has 6 nitrogen and oxygen atoms in total. The van der Waals surface area contributed by atoms with Gasteiger partial charge in [-0.1, -0.05) is 13.3 Å². The highest BCUT2D eigenvalue weighted by molar-refractivity contribution is 7.26. The number of unbranched alkanes of at least 4 members (excludes halogenated alkanes) is 1. The van der Waals surface area contributed by atoms with Crippen LogP contribution in [0.2, 0.25) is 0 Å². The summed E-state index contributed by atoms with van der Waals surface area (Å²) in [6.45, 7) is 6.57. The fourth-order valence-electron chi connectivity index (χ4n) is 4.43. The first-order chi connectivity index (χ1) is 14.0. The monoisotopic (exact) mass is 414 g/mol. The zero-order chi connectivity index (χ0) is 20.5. The van der Waals surface area contributed by atoms with Crippen molar-refractivity contribution in [3.05, 3.63) is 23.1 Å². The molecule has 0 aliphatic heterocycles. The van der Waals surface area contributed by atoms with Crippen molar-refractivity contribution in [2.45, 2.75) is 71.5 Å². The molecule has 1 aliphatic carbocycles. The topological polar surface area (TPSA) is 82.4 Å². The van der Waals surface area contributed by atoms with Crippen molar-refractivity contribution in [3.63, 3.8) is 0 Å². The summed E-state index contributed by atoms with van der Waals surface area (Å²) in [5, 5.41) is 21.1. The largest absolute Gasteiger partial charge is 0.392 e. The third-order valence-electron chi connectivity index (χ3n) is 5.57. The van der Waals surface area contributed by atoms with E-state index in [0.29, 0.717) is 13.1 Å². The molecule has 29 heavy (non-hydrogen) atoms. The molecule has 0 fully saturated rings. The third kappa shape index (κ3) is 3.96. The molecule has 2 atom stereocenters. The number of hydrogen-bond donors (Lipinski definition) is 2. The number of rotatable bonds is 8. The minimum Gasteiger partial charge on any atom is -0.392 e. The summed E-state index contributed by atoms with van der Waals surface area (Å²) in [4.78, 5) is 17.3. The number of aromatic nitrogens is 3. The Morgan fingerprint density at radius 2 is 1.83 bits per heavy atom. The van der Waals surface area contributed by atoms with Crippen LogP contribution in [0.1, 0.15) is 56.9 Å². The first-order valence-electron chi connectivity index (χ1n) is 10.7. The van der Waals surface area contributed by atoms with Crippen LogP contribution in [-0.2, 0) is 19.3 Å². The summed E-state index contributed by atoms with van der Waals surface area (Å²) in [7, 11) is 0. The van der Waals surface area contributed by atoms with Crippen molar-refractivity contribution in [3.8, 4) is 0 Å². The highest BCUT2D eigenvalue weighted by Gasteiger charge is 2.25. The lowest BCUT2D eigenvalue weighted by Crippen LogP contribution is -2.37. The molecule has 0 spiro atoms. The van der Waals surface area contributed by atoms with E-state index in [-0.39, 0.29) is 0 Å². The SMILES string of the molecule is CCCCc1nc2sc3c(N(C[C@@H](C)O)C[C@@H](C)O)ncnc3c2c2c1CCC2. The molecule has 4 rings (SSSR count). The van der Waals surface area contributed by atoms with Gasteiger partial charge in [0.25, 0.3) is 0 Å². The van der Waals surface area contributed by atoms with Crippen LogP contribution in [0.15, 0.2) is 6.33 Å². The lowest BCUT2D eigenvalue weighted by Gasteiger charge is -2.26. The second-order valence-corrected chi connectivity index (χ2v) is 9.23. The summed E-state index contributed by atoms with van der Waals surface area (Å²) >= 11 is 1.64. The molecular formula is C22H30N4O2S. The normalized spacial score (nSPS) is 15.8. The molecule has 0 unspecified atom stereocenters. The van der Waals surface area contributed by atoms with Crippen molar-refractivity contribution >= 4 is 37.6 Å². The molecule has 0 aromatic carbocycles. The zero-order valence-electron chi connectivity index (χ0n) is 17.5. The van der Waals surface area contributed by atoms with Gasteiger partial charge in [-0.2, -0.15) is 0 Å². The van der Waals surface area contributed by atoms with Crippen molar-refractivity contribution < 1.29 is 10.2 Å². The summed E-state index contributed by atoms with van der Waals surface area (Å²) < 4.78 is 0.998. The van der Waals surface area contributed by atoms with E-state index in [1.165, 1.54) is 35.0 Å². The highest BCUT2D eigenvalue weighted by atomic mass is 32.1. The molecule has 0 bridgehead atoms. The minimum absolute atomic E-state index is 0.415. The number of nitrogens with zero attached hydrogens (tertiary/aromatic N) is 4. The van der Waals surface area contributed by atoms with E-state index in [0.717, 1.165) is 46.5 Å². The maximum absolute atomic E-state index is 9.98. The number of pyridine rings is 1. The van der Waals surface area contributed by atoms with Crippen LogP contribution in [-0.4, -0.2) is 50.5 Å². The Hall–Kier alpha value is -1.83. The molecule has 7 heteroatoms. The third-order valence-corrected chi connectivity index (χ3v) is 6.64. The summed E-state index contributed by atoms with van der Waals surface area (Å²) in [5.41, 5.74) is 5.09.